The zero-order chi connectivity index (χ0) is 13.8. The van der Waals surface area contributed by atoms with E-state index in [4.69, 9.17) is 10.5 Å². The van der Waals surface area contributed by atoms with Gasteiger partial charge in [-0.15, -0.1) is 0 Å². The van der Waals surface area contributed by atoms with E-state index in [0.717, 1.165) is 38.8 Å². The second-order valence-electron chi connectivity index (χ2n) is 6.28. The maximum atomic E-state index is 12.0. The Morgan fingerprint density at radius 3 is 2.72 bits per heavy atom. The third-order valence-corrected chi connectivity index (χ3v) is 3.34. The van der Waals surface area contributed by atoms with E-state index in [1.54, 1.807) is 0 Å². The molecule has 2 unspecified atom stereocenters. The molecule has 1 aliphatic heterocycles. The van der Waals surface area contributed by atoms with Crippen LogP contribution in [-0.4, -0.2) is 35.7 Å². The van der Waals surface area contributed by atoms with Gasteiger partial charge < -0.3 is 15.4 Å². The number of rotatable bonds is 3. The number of likely N-dealkylation sites (tertiary alicyclic amines) is 1. The highest BCUT2D eigenvalue weighted by molar-refractivity contribution is 5.68. The van der Waals surface area contributed by atoms with E-state index >= 15 is 0 Å². The maximum absolute atomic E-state index is 12.0. The SMILES string of the molecule is CCCC(N)C1CCCN(C(=O)OC(C)(C)C)C1. The summed E-state index contributed by atoms with van der Waals surface area (Å²) in [4.78, 5) is 13.8. The molecule has 0 radical (unpaired) electrons. The Bertz CT molecular complexity index is 273. The van der Waals surface area contributed by atoms with Gasteiger partial charge in [-0.3, -0.25) is 0 Å². The Balaban J connectivity index is 2.50. The van der Waals surface area contributed by atoms with Crippen LogP contribution in [0.2, 0.25) is 0 Å². The number of nitrogens with two attached hydrogens (primary N) is 1. The minimum Gasteiger partial charge on any atom is -0.444 e. The van der Waals surface area contributed by atoms with Gasteiger partial charge in [0.1, 0.15) is 5.60 Å². The van der Waals surface area contributed by atoms with Crippen molar-refractivity contribution in [1.29, 1.82) is 0 Å². The lowest BCUT2D eigenvalue weighted by Crippen LogP contribution is -2.47. The molecule has 106 valence electrons. The molecular formula is C14H28N2O2. The summed E-state index contributed by atoms with van der Waals surface area (Å²) >= 11 is 0. The van der Waals surface area contributed by atoms with Gasteiger partial charge in [0, 0.05) is 19.1 Å². The number of amides is 1. The molecule has 1 rings (SSSR count). The highest BCUT2D eigenvalue weighted by Gasteiger charge is 2.29. The number of carbonyl (C=O) groups excluding carboxylic acids is 1. The summed E-state index contributed by atoms with van der Waals surface area (Å²) < 4.78 is 5.41. The molecule has 1 saturated heterocycles. The first-order valence-corrected chi connectivity index (χ1v) is 7.07. The van der Waals surface area contributed by atoms with Gasteiger partial charge in [0.05, 0.1) is 0 Å². The van der Waals surface area contributed by atoms with E-state index < -0.39 is 5.60 Å². The Morgan fingerprint density at radius 1 is 1.50 bits per heavy atom. The van der Waals surface area contributed by atoms with E-state index in [9.17, 15) is 4.79 Å². The van der Waals surface area contributed by atoms with Crippen LogP contribution >= 0.6 is 0 Å². The van der Waals surface area contributed by atoms with E-state index in [2.05, 4.69) is 6.92 Å². The topological polar surface area (TPSA) is 55.6 Å². The fourth-order valence-electron chi connectivity index (χ4n) is 2.42. The number of carbonyl (C=O) groups is 1. The second kappa shape index (κ2) is 6.41. The highest BCUT2D eigenvalue weighted by Crippen LogP contribution is 2.22. The molecule has 0 saturated carbocycles. The summed E-state index contributed by atoms with van der Waals surface area (Å²) in [6, 6.07) is 0.209. The largest absolute Gasteiger partial charge is 0.444 e. The monoisotopic (exact) mass is 256 g/mol. The van der Waals surface area contributed by atoms with Crippen molar-refractivity contribution in [2.45, 2.75) is 65.0 Å². The summed E-state index contributed by atoms with van der Waals surface area (Å²) in [6.45, 7) is 9.38. The van der Waals surface area contributed by atoms with Crippen LogP contribution in [0.4, 0.5) is 4.79 Å². The fraction of sp³-hybridized carbons (Fsp3) is 0.929. The number of hydrogen-bond donors (Lipinski definition) is 1. The van der Waals surface area contributed by atoms with Gasteiger partial charge in [-0.25, -0.2) is 4.79 Å². The van der Waals surface area contributed by atoms with Crippen LogP contribution in [0.5, 0.6) is 0 Å². The third-order valence-electron chi connectivity index (χ3n) is 3.34. The van der Waals surface area contributed by atoms with Crippen LogP contribution < -0.4 is 5.73 Å². The zero-order valence-electron chi connectivity index (χ0n) is 12.2. The van der Waals surface area contributed by atoms with Crippen LogP contribution in [0.25, 0.3) is 0 Å². The van der Waals surface area contributed by atoms with Crippen LogP contribution in [-0.2, 0) is 4.74 Å². The van der Waals surface area contributed by atoms with Gasteiger partial charge in [0.15, 0.2) is 0 Å². The molecule has 18 heavy (non-hydrogen) atoms. The molecule has 0 aromatic carbocycles. The number of nitrogens with zero attached hydrogens (tertiary/aromatic N) is 1. The zero-order valence-corrected chi connectivity index (χ0v) is 12.2. The average Bonchev–Trinajstić information content (AvgIpc) is 2.27. The fourth-order valence-corrected chi connectivity index (χ4v) is 2.42. The lowest BCUT2D eigenvalue weighted by atomic mass is 9.89. The van der Waals surface area contributed by atoms with Crippen molar-refractivity contribution >= 4 is 6.09 Å². The molecule has 2 atom stereocenters. The first-order valence-electron chi connectivity index (χ1n) is 7.07. The van der Waals surface area contributed by atoms with Gasteiger partial charge in [-0.1, -0.05) is 13.3 Å². The number of hydrogen-bond acceptors (Lipinski definition) is 3. The third kappa shape index (κ3) is 4.84. The van der Waals surface area contributed by atoms with Crippen molar-refractivity contribution < 1.29 is 9.53 Å². The van der Waals surface area contributed by atoms with Crippen LogP contribution in [0.1, 0.15) is 53.4 Å². The first kappa shape index (κ1) is 15.3. The Labute approximate surface area is 111 Å². The molecule has 1 fully saturated rings. The van der Waals surface area contributed by atoms with Crippen LogP contribution in [0.3, 0.4) is 0 Å². The van der Waals surface area contributed by atoms with Crippen molar-refractivity contribution in [3.63, 3.8) is 0 Å². The van der Waals surface area contributed by atoms with E-state index in [-0.39, 0.29) is 12.1 Å². The van der Waals surface area contributed by atoms with Gasteiger partial charge in [-0.2, -0.15) is 0 Å². The number of ether oxygens (including phenoxy) is 1. The quantitative estimate of drug-likeness (QED) is 0.844. The molecule has 0 aliphatic carbocycles. The Kier molecular flexibility index (Phi) is 5.45. The van der Waals surface area contributed by atoms with E-state index in [1.807, 2.05) is 25.7 Å². The highest BCUT2D eigenvalue weighted by atomic mass is 16.6. The molecule has 0 spiro atoms. The molecule has 4 nitrogen and oxygen atoms in total. The van der Waals surface area contributed by atoms with Crippen molar-refractivity contribution in [2.24, 2.45) is 11.7 Å². The smallest absolute Gasteiger partial charge is 0.410 e. The number of piperidine rings is 1. The van der Waals surface area contributed by atoms with Crippen molar-refractivity contribution in [3.05, 3.63) is 0 Å². The summed E-state index contributed by atoms with van der Waals surface area (Å²) in [6.07, 6.45) is 4.09. The molecule has 1 heterocycles. The summed E-state index contributed by atoms with van der Waals surface area (Å²) in [7, 11) is 0. The molecule has 0 bridgehead atoms. The second-order valence-corrected chi connectivity index (χ2v) is 6.28. The van der Waals surface area contributed by atoms with Gasteiger partial charge in [0.25, 0.3) is 0 Å². The van der Waals surface area contributed by atoms with Crippen molar-refractivity contribution in [2.75, 3.05) is 13.1 Å². The van der Waals surface area contributed by atoms with Crippen LogP contribution in [0.15, 0.2) is 0 Å². The molecule has 0 aromatic rings. The average molecular weight is 256 g/mol. The standard InChI is InChI=1S/C14H28N2O2/c1-5-7-12(15)11-8-6-9-16(10-11)13(17)18-14(2,3)4/h11-12H,5-10,15H2,1-4H3. The predicted molar refractivity (Wildman–Crippen MR) is 73.4 cm³/mol. The minimum atomic E-state index is -0.421. The molecule has 0 aromatic heterocycles. The van der Waals surface area contributed by atoms with Gasteiger partial charge >= 0.3 is 6.09 Å². The first-order chi connectivity index (χ1) is 8.33. The van der Waals surface area contributed by atoms with Gasteiger partial charge in [-0.05, 0) is 46.0 Å². The van der Waals surface area contributed by atoms with E-state index in [0.29, 0.717) is 5.92 Å². The molecule has 4 heteroatoms. The van der Waals surface area contributed by atoms with Crippen LogP contribution in [0, 0.1) is 5.92 Å². The van der Waals surface area contributed by atoms with E-state index in [1.165, 1.54) is 0 Å². The Morgan fingerprint density at radius 2 is 2.17 bits per heavy atom. The Hall–Kier alpha value is -0.770. The van der Waals surface area contributed by atoms with Gasteiger partial charge in [0.2, 0.25) is 0 Å². The lowest BCUT2D eigenvalue weighted by Gasteiger charge is -2.36. The molecule has 1 aliphatic rings. The molecule has 1 amide bonds. The summed E-state index contributed by atoms with van der Waals surface area (Å²) in [5, 5.41) is 0. The lowest BCUT2D eigenvalue weighted by molar-refractivity contribution is 0.0151. The predicted octanol–water partition coefficient (Wildman–Crippen LogP) is 2.76. The minimum absolute atomic E-state index is 0.198. The molecule has 2 N–H and O–H groups in total. The van der Waals surface area contributed by atoms with Crippen molar-refractivity contribution in [3.8, 4) is 0 Å². The normalized spacial score (nSPS) is 22.7. The summed E-state index contributed by atoms with van der Waals surface area (Å²) in [5.74, 6) is 0.422. The summed E-state index contributed by atoms with van der Waals surface area (Å²) in [5.41, 5.74) is 5.75. The molecular weight excluding hydrogens is 228 g/mol. The van der Waals surface area contributed by atoms with Crippen molar-refractivity contribution in [1.82, 2.24) is 4.90 Å². The maximum Gasteiger partial charge on any atom is 0.410 e.